The zero-order valence-corrected chi connectivity index (χ0v) is 16.4. The largest absolute Gasteiger partial charge is 0.490 e. The van der Waals surface area contributed by atoms with Crippen LogP contribution < -0.4 is 0 Å². The molecular formula is C23H30O3. The number of ketones is 2. The van der Waals surface area contributed by atoms with Gasteiger partial charge in [-0.15, -0.1) is 0 Å². The summed E-state index contributed by atoms with van der Waals surface area (Å²) in [6.45, 7) is 8.82. The van der Waals surface area contributed by atoms with Crippen molar-refractivity contribution in [1.29, 1.82) is 0 Å². The Morgan fingerprint density at radius 2 is 1.96 bits per heavy atom. The Morgan fingerprint density at radius 3 is 2.58 bits per heavy atom. The van der Waals surface area contributed by atoms with Crippen molar-refractivity contribution < 1.29 is 14.3 Å². The number of allylic oxidation sites excluding steroid dienone is 2. The van der Waals surface area contributed by atoms with Gasteiger partial charge in [-0.1, -0.05) is 51.5 Å². The Hall–Kier alpha value is -1.90. The first-order valence-corrected chi connectivity index (χ1v) is 9.95. The predicted molar refractivity (Wildman–Crippen MR) is 103 cm³/mol. The quantitative estimate of drug-likeness (QED) is 0.651. The van der Waals surface area contributed by atoms with Gasteiger partial charge < -0.3 is 4.74 Å². The molecule has 3 nitrogen and oxygen atoms in total. The van der Waals surface area contributed by atoms with Crippen LogP contribution in [0.4, 0.5) is 0 Å². The van der Waals surface area contributed by atoms with E-state index < -0.39 is 5.41 Å². The molecule has 0 fully saturated rings. The lowest BCUT2D eigenvalue weighted by Gasteiger charge is -2.31. The minimum absolute atomic E-state index is 0.0558. The van der Waals surface area contributed by atoms with Gasteiger partial charge in [-0.25, -0.2) is 0 Å². The first-order chi connectivity index (χ1) is 12.4. The minimum Gasteiger partial charge on any atom is -0.490 e. The van der Waals surface area contributed by atoms with Crippen LogP contribution in [0.2, 0.25) is 0 Å². The van der Waals surface area contributed by atoms with Gasteiger partial charge in [-0.2, -0.15) is 0 Å². The highest BCUT2D eigenvalue weighted by Gasteiger charge is 2.57. The molecule has 2 atom stereocenters. The Kier molecular flexibility index (Phi) is 5.36. The summed E-state index contributed by atoms with van der Waals surface area (Å²) in [4.78, 5) is 26.4. The lowest BCUT2D eigenvalue weighted by atomic mass is 9.68. The van der Waals surface area contributed by atoms with Crippen LogP contribution in [0.15, 0.2) is 35.6 Å². The fourth-order valence-corrected chi connectivity index (χ4v) is 4.34. The van der Waals surface area contributed by atoms with Crippen LogP contribution in [0, 0.1) is 5.41 Å². The number of Topliss-reactive ketones (excluding diaryl/α,β-unsaturated/α-hetero) is 2. The third-order valence-corrected chi connectivity index (χ3v) is 6.01. The molecule has 1 aliphatic carbocycles. The number of carbonyl (C=O) groups is 2. The Bertz CT molecular complexity index is 726. The zero-order valence-electron chi connectivity index (χ0n) is 16.4. The summed E-state index contributed by atoms with van der Waals surface area (Å²) in [6, 6.07) is 8.46. The van der Waals surface area contributed by atoms with E-state index in [0.717, 1.165) is 36.8 Å². The molecule has 0 N–H and O–H groups in total. The summed E-state index contributed by atoms with van der Waals surface area (Å²) in [5.41, 5.74) is 2.34. The summed E-state index contributed by atoms with van der Waals surface area (Å²) in [6.07, 6.45) is 3.99. The number of rotatable bonds is 6. The highest BCUT2D eigenvalue weighted by atomic mass is 16.5. The van der Waals surface area contributed by atoms with E-state index in [9.17, 15) is 9.59 Å². The monoisotopic (exact) mass is 354 g/mol. The maximum absolute atomic E-state index is 13.2. The number of ether oxygens (including phenoxy) is 1. The Morgan fingerprint density at radius 1 is 1.27 bits per heavy atom. The second-order valence-corrected chi connectivity index (χ2v) is 8.12. The molecule has 0 bridgehead atoms. The second kappa shape index (κ2) is 7.38. The van der Waals surface area contributed by atoms with E-state index in [1.165, 1.54) is 5.56 Å². The number of hydrogen-bond acceptors (Lipinski definition) is 3. The standard InChI is InChI=1S/C23H30O3/c1-5-6-9-19(24)23(4)20(17-12-10-16(11-13-17)15(2)3)18-8-7-14-26-21(18)22(23)25/h10-13,15,20H,5-9,14H2,1-4H3/t20-,23-/m0/s1. The topological polar surface area (TPSA) is 43.4 Å². The summed E-state index contributed by atoms with van der Waals surface area (Å²) in [5, 5.41) is 0. The molecule has 0 amide bonds. The van der Waals surface area contributed by atoms with Crippen molar-refractivity contribution in [2.45, 2.75) is 71.6 Å². The molecule has 3 heteroatoms. The molecule has 140 valence electrons. The number of carbonyl (C=O) groups excluding carboxylic acids is 2. The van der Waals surface area contributed by atoms with Crippen LogP contribution >= 0.6 is 0 Å². The molecule has 0 spiro atoms. The molecule has 1 aromatic rings. The van der Waals surface area contributed by atoms with Crippen molar-refractivity contribution in [3.63, 3.8) is 0 Å². The maximum Gasteiger partial charge on any atom is 0.211 e. The van der Waals surface area contributed by atoms with Crippen molar-refractivity contribution in [2.24, 2.45) is 5.41 Å². The lowest BCUT2D eigenvalue weighted by molar-refractivity contribution is -0.139. The lowest BCUT2D eigenvalue weighted by Crippen LogP contribution is -2.38. The molecular weight excluding hydrogens is 324 g/mol. The molecule has 0 radical (unpaired) electrons. The smallest absolute Gasteiger partial charge is 0.211 e. The van der Waals surface area contributed by atoms with Gasteiger partial charge in [0.05, 0.1) is 6.61 Å². The van der Waals surface area contributed by atoms with Gasteiger partial charge in [0.1, 0.15) is 11.2 Å². The molecule has 0 unspecified atom stereocenters. The van der Waals surface area contributed by atoms with Crippen LogP contribution in [0.5, 0.6) is 0 Å². The van der Waals surface area contributed by atoms with Crippen molar-refractivity contribution in [3.05, 3.63) is 46.7 Å². The molecule has 1 heterocycles. The third-order valence-electron chi connectivity index (χ3n) is 6.01. The van der Waals surface area contributed by atoms with Crippen LogP contribution in [0.3, 0.4) is 0 Å². The summed E-state index contributed by atoms with van der Waals surface area (Å²) in [7, 11) is 0. The Labute approximate surface area is 156 Å². The minimum atomic E-state index is -1.02. The zero-order chi connectivity index (χ0) is 18.9. The van der Waals surface area contributed by atoms with E-state index in [4.69, 9.17) is 4.74 Å². The van der Waals surface area contributed by atoms with Crippen LogP contribution in [-0.2, 0) is 14.3 Å². The Balaban J connectivity index is 2.05. The van der Waals surface area contributed by atoms with E-state index in [2.05, 4.69) is 45.0 Å². The number of unbranched alkanes of at least 4 members (excludes halogenated alkanes) is 1. The van der Waals surface area contributed by atoms with Gasteiger partial charge in [0, 0.05) is 12.3 Å². The molecule has 1 aliphatic heterocycles. The average molecular weight is 354 g/mol. The van der Waals surface area contributed by atoms with E-state index in [1.807, 2.05) is 6.92 Å². The normalized spacial score (nSPS) is 25.4. The van der Waals surface area contributed by atoms with Gasteiger partial charge in [-0.3, -0.25) is 9.59 Å². The van der Waals surface area contributed by atoms with Gasteiger partial charge in [0.25, 0.3) is 0 Å². The van der Waals surface area contributed by atoms with Gasteiger partial charge in [-0.05, 0) is 48.8 Å². The van der Waals surface area contributed by atoms with E-state index in [1.54, 1.807) is 0 Å². The molecule has 0 saturated carbocycles. The van der Waals surface area contributed by atoms with Crippen molar-refractivity contribution >= 4 is 11.6 Å². The van der Waals surface area contributed by atoms with Crippen LogP contribution in [-0.4, -0.2) is 18.2 Å². The van der Waals surface area contributed by atoms with Crippen molar-refractivity contribution in [1.82, 2.24) is 0 Å². The molecule has 0 aromatic heterocycles. The molecule has 3 rings (SSSR count). The van der Waals surface area contributed by atoms with Crippen molar-refractivity contribution in [2.75, 3.05) is 6.61 Å². The maximum atomic E-state index is 13.2. The predicted octanol–water partition coefficient (Wildman–Crippen LogP) is 5.31. The number of hydrogen-bond donors (Lipinski definition) is 0. The fourth-order valence-electron chi connectivity index (χ4n) is 4.34. The fraction of sp³-hybridized carbons (Fsp3) is 0.565. The average Bonchev–Trinajstić information content (AvgIpc) is 2.88. The molecule has 26 heavy (non-hydrogen) atoms. The SMILES string of the molecule is CCCCC(=O)[C@]1(C)C(=O)C2=C(CCCO2)[C@@H]1c1ccc(C(C)C)cc1. The van der Waals surface area contributed by atoms with Gasteiger partial charge in [0.15, 0.2) is 5.76 Å². The molecule has 2 aliphatic rings. The molecule has 0 saturated heterocycles. The highest BCUT2D eigenvalue weighted by molar-refractivity contribution is 6.17. The van der Waals surface area contributed by atoms with E-state index in [-0.39, 0.29) is 17.5 Å². The van der Waals surface area contributed by atoms with Gasteiger partial charge >= 0.3 is 0 Å². The summed E-state index contributed by atoms with van der Waals surface area (Å²) >= 11 is 0. The second-order valence-electron chi connectivity index (χ2n) is 8.12. The molecule has 1 aromatic carbocycles. The van der Waals surface area contributed by atoms with E-state index >= 15 is 0 Å². The third kappa shape index (κ3) is 3.02. The van der Waals surface area contributed by atoms with Crippen LogP contribution in [0.1, 0.15) is 82.8 Å². The number of benzene rings is 1. The van der Waals surface area contributed by atoms with Gasteiger partial charge in [0.2, 0.25) is 5.78 Å². The summed E-state index contributed by atoms with van der Waals surface area (Å²) < 4.78 is 5.76. The first-order valence-electron chi connectivity index (χ1n) is 9.95. The highest BCUT2D eigenvalue weighted by Crippen LogP contribution is 2.54. The van der Waals surface area contributed by atoms with E-state index in [0.29, 0.717) is 24.7 Å². The summed E-state index contributed by atoms with van der Waals surface area (Å²) in [5.74, 6) is 0.698. The first kappa shape index (κ1) is 18.9. The van der Waals surface area contributed by atoms with Crippen LogP contribution in [0.25, 0.3) is 0 Å². The van der Waals surface area contributed by atoms with Crippen molar-refractivity contribution in [3.8, 4) is 0 Å².